The maximum absolute atomic E-state index is 12.3. The molecule has 0 fully saturated rings. The molecule has 1 aromatic heterocycles. The summed E-state index contributed by atoms with van der Waals surface area (Å²) in [5.41, 5.74) is 11.7. The van der Waals surface area contributed by atoms with Gasteiger partial charge in [0, 0.05) is 17.5 Å². The SMILES string of the molecule is C#C.C/C=C(\C)Cn1c2cccc(C(N)=O)c2c2c(OCC(=O)O)cc3c(c21)CCCC3.C/C=C\C. The summed E-state index contributed by atoms with van der Waals surface area (Å²) >= 11 is 0. The normalized spacial score (nSPS) is 12.9. The molecule has 0 unspecified atom stereocenters. The molecule has 3 N–H and O–H groups in total. The van der Waals surface area contributed by atoms with E-state index in [2.05, 4.69) is 30.4 Å². The molecule has 4 rings (SSSR count). The highest BCUT2D eigenvalue weighted by Crippen LogP contribution is 2.43. The van der Waals surface area contributed by atoms with Gasteiger partial charge in [-0.15, -0.1) is 12.8 Å². The lowest BCUT2D eigenvalue weighted by Gasteiger charge is -2.21. The largest absolute Gasteiger partial charge is 0.481 e. The smallest absolute Gasteiger partial charge is 0.341 e. The summed E-state index contributed by atoms with van der Waals surface area (Å²) in [7, 11) is 0. The summed E-state index contributed by atoms with van der Waals surface area (Å²) in [6.07, 6.45) is 18.2. The van der Waals surface area contributed by atoms with E-state index in [1.165, 1.54) is 16.7 Å². The number of aromatic nitrogens is 1. The minimum Gasteiger partial charge on any atom is -0.481 e. The zero-order chi connectivity index (χ0) is 26.8. The van der Waals surface area contributed by atoms with Crippen LogP contribution in [0.15, 0.2) is 48.1 Å². The van der Waals surface area contributed by atoms with Crippen LogP contribution in [0, 0.1) is 12.8 Å². The van der Waals surface area contributed by atoms with E-state index in [4.69, 9.17) is 10.5 Å². The Labute approximate surface area is 213 Å². The Balaban J connectivity index is 0.000000694. The zero-order valence-corrected chi connectivity index (χ0v) is 21.6. The second-order valence-corrected chi connectivity index (χ2v) is 8.58. The number of aliphatic carboxylic acids is 1. The van der Waals surface area contributed by atoms with Crippen molar-refractivity contribution in [2.45, 2.75) is 59.9 Å². The number of hydrogen-bond donors (Lipinski definition) is 2. The van der Waals surface area contributed by atoms with E-state index in [1.54, 1.807) is 6.07 Å². The summed E-state index contributed by atoms with van der Waals surface area (Å²) in [6, 6.07) is 7.51. The maximum atomic E-state index is 12.3. The van der Waals surface area contributed by atoms with Crippen molar-refractivity contribution in [1.82, 2.24) is 4.57 Å². The number of nitrogens with two attached hydrogens (primary N) is 1. The number of carbonyl (C=O) groups is 2. The average Bonchev–Trinajstić information content (AvgIpc) is 3.23. The van der Waals surface area contributed by atoms with Gasteiger partial charge in [-0.25, -0.2) is 4.79 Å². The van der Waals surface area contributed by atoms with Crippen molar-refractivity contribution in [3.05, 3.63) is 64.8 Å². The number of primary amides is 1. The maximum Gasteiger partial charge on any atom is 0.341 e. The van der Waals surface area contributed by atoms with Gasteiger partial charge < -0.3 is 20.1 Å². The Morgan fingerprint density at radius 1 is 1.11 bits per heavy atom. The van der Waals surface area contributed by atoms with Crippen LogP contribution in [-0.4, -0.2) is 28.2 Å². The van der Waals surface area contributed by atoms with Gasteiger partial charge in [-0.1, -0.05) is 29.9 Å². The highest BCUT2D eigenvalue weighted by Gasteiger charge is 2.25. The van der Waals surface area contributed by atoms with Gasteiger partial charge in [0.15, 0.2) is 6.61 Å². The summed E-state index contributed by atoms with van der Waals surface area (Å²) in [6.45, 7) is 8.32. The van der Waals surface area contributed by atoms with Gasteiger partial charge in [-0.2, -0.15) is 0 Å². The third kappa shape index (κ3) is 5.98. The number of fused-ring (bicyclic) bond motifs is 5. The van der Waals surface area contributed by atoms with Crippen molar-refractivity contribution in [3.63, 3.8) is 0 Å². The van der Waals surface area contributed by atoms with Gasteiger partial charge in [0.1, 0.15) is 5.75 Å². The Kier molecular flexibility index (Phi) is 10.4. The number of benzene rings is 2. The molecule has 0 bridgehead atoms. The van der Waals surface area contributed by atoms with Crippen molar-refractivity contribution in [3.8, 4) is 18.6 Å². The molecule has 1 aliphatic carbocycles. The van der Waals surface area contributed by atoms with Crippen molar-refractivity contribution in [1.29, 1.82) is 0 Å². The monoisotopic (exact) mass is 488 g/mol. The number of aryl methyl sites for hydroxylation is 2. The molecule has 0 radical (unpaired) electrons. The van der Waals surface area contributed by atoms with E-state index in [9.17, 15) is 14.7 Å². The number of carboxylic acid groups (broad SMARTS) is 1. The molecular weight excluding hydrogens is 452 g/mol. The molecule has 1 aliphatic rings. The van der Waals surface area contributed by atoms with Crippen LogP contribution in [0.4, 0.5) is 0 Å². The number of ether oxygens (including phenoxy) is 1. The minimum atomic E-state index is -1.04. The van der Waals surface area contributed by atoms with Crippen LogP contribution in [0.1, 0.15) is 62.0 Å². The summed E-state index contributed by atoms with van der Waals surface area (Å²) in [5, 5.41) is 10.7. The quantitative estimate of drug-likeness (QED) is 0.327. The van der Waals surface area contributed by atoms with E-state index in [0.717, 1.165) is 47.5 Å². The van der Waals surface area contributed by atoms with E-state index >= 15 is 0 Å². The van der Waals surface area contributed by atoms with Gasteiger partial charge in [0.2, 0.25) is 5.91 Å². The zero-order valence-electron chi connectivity index (χ0n) is 21.6. The highest BCUT2D eigenvalue weighted by atomic mass is 16.5. The number of rotatable bonds is 6. The summed E-state index contributed by atoms with van der Waals surface area (Å²) in [5.74, 6) is -1.04. The molecule has 0 saturated heterocycles. The van der Waals surface area contributed by atoms with Crippen LogP contribution in [0.3, 0.4) is 0 Å². The van der Waals surface area contributed by atoms with Crippen molar-refractivity contribution >= 4 is 33.7 Å². The number of nitrogens with zero attached hydrogens (tertiary/aromatic N) is 1. The Morgan fingerprint density at radius 3 is 2.36 bits per heavy atom. The van der Waals surface area contributed by atoms with Crippen molar-refractivity contribution in [2.24, 2.45) is 5.73 Å². The average molecular weight is 489 g/mol. The molecular formula is C30H36N2O4. The summed E-state index contributed by atoms with van der Waals surface area (Å²) in [4.78, 5) is 23.5. The molecule has 0 spiro atoms. The topological polar surface area (TPSA) is 94.5 Å². The lowest BCUT2D eigenvalue weighted by atomic mass is 9.89. The lowest BCUT2D eigenvalue weighted by molar-refractivity contribution is -0.139. The van der Waals surface area contributed by atoms with Gasteiger partial charge in [-0.05, 0) is 82.7 Å². The van der Waals surface area contributed by atoms with E-state index in [-0.39, 0.29) is 0 Å². The van der Waals surface area contributed by atoms with Gasteiger partial charge >= 0.3 is 5.97 Å². The van der Waals surface area contributed by atoms with Crippen LogP contribution in [-0.2, 0) is 24.2 Å². The number of carbonyl (C=O) groups excluding carboxylic acids is 1. The van der Waals surface area contributed by atoms with Crippen LogP contribution in [0.2, 0.25) is 0 Å². The Morgan fingerprint density at radius 2 is 1.78 bits per heavy atom. The third-order valence-electron chi connectivity index (χ3n) is 6.29. The van der Waals surface area contributed by atoms with E-state index in [1.807, 2.05) is 51.1 Å². The number of amides is 1. The predicted octanol–water partition coefficient (Wildman–Crippen LogP) is 6.03. The summed E-state index contributed by atoms with van der Waals surface area (Å²) < 4.78 is 7.98. The molecule has 1 heterocycles. The van der Waals surface area contributed by atoms with Gasteiger partial charge in [0.25, 0.3) is 0 Å². The van der Waals surface area contributed by atoms with Gasteiger partial charge in [-0.3, -0.25) is 4.79 Å². The second kappa shape index (κ2) is 13.2. The lowest BCUT2D eigenvalue weighted by Crippen LogP contribution is -2.12. The second-order valence-electron chi connectivity index (χ2n) is 8.58. The predicted molar refractivity (Wildman–Crippen MR) is 148 cm³/mol. The molecule has 6 nitrogen and oxygen atoms in total. The molecule has 190 valence electrons. The van der Waals surface area contributed by atoms with Crippen LogP contribution in [0.5, 0.6) is 5.75 Å². The molecule has 6 heteroatoms. The molecule has 36 heavy (non-hydrogen) atoms. The first-order chi connectivity index (χ1) is 17.3. The number of terminal acetylenes is 1. The standard InChI is InChI=1S/C24H26N2O4.C4H8.C2H2/c1-3-14(2)12-26-18-10-6-9-17(24(25)29)21(18)22-19(30-13-20(27)28)11-15-7-4-5-8-16(15)23(22)26;1-3-4-2;1-2/h3,6,9-11H,4-5,7-8,12-13H2,1-2H3,(H2,25,29)(H,27,28);3-4H,1-2H3;1-2H/b14-3+;4-3-;. The number of allylic oxidation sites excluding steroid dienone is 4. The van der Waals surface area contributed by atoms with Crippen molar-refractivity contribution < 1.29 is 19.4 Å². The molecule has 2 aromatic carbocycles. The first-order valence-corrected chi connectivity index (χ1v) is 12.1. The molecule has 1 amide bonds. The van der Waals surface area contributed by atoms with E-state index < -0.39 is 18.5 Å². The third-order valence-corrected chi connectivity index (χ3v) is 6.29. The highest BCUT2D eigenvalue weighted by molar-refractivity contribution is 6.20. The first-order valence-electron chi connectivity index (χ1n) is 12.1. The minimum absolute atomic E-state index is 0.422. The Bertz CT molecular complexity index is 1320. The molecule has 0 aliphatic heterocycles. The van der Waals surface area contributed by atoms with Crippen LogP contribution in [0.25, 0.3) is 21.8 Å². The van der Waals surface area contributed by atoms with Gasteiger partial charge in [0.05, 0.1) is 16.4 Å². The number of hydrogen-bond acceptors (Lipinski definition) is 3. The number of carboxylic acids is 1. The van der Waals surface area contributed by atoms with Crippen LogP contribution < -0.4 is 10.5 Å². The fraction of sp³-hybridized carbons (Fsp3) is 0.333. The van der Waals surface area contributed by atoms with Crippen molar-refractivity contribution in [2.75, 3.05) is 6.61 Å². The first kappa shape index (κ1) is 28.3. The Hall–Kier alpha value is -3.98. The molecule has 3 aromatic rings. The fourth-order valence-electron chi connectivity index (χ4n) is 4.51. The van der Waals surface area contributed by atoms with Crippen LogP contribution >= 0.6 is 0 Å². The van der Waals surface area contributed by atoms with E-state index in [0.29, 0.717) is 17.9 Å². The molecule has 0 atom stereocenters. The fourth-order valence-corrected chi connectivity index (χ4v) is 4.51. The molecule has 0 saturated carbocycles.